The van der Waals surface area contributed by atoms with Crippen LogP contribution in [0.1, 0.15) is 31.4 Å². The van der Waals surface area contributed by atoms with E-state index in [9.17, 15) is 12.8 Å². The minimum absolute atomic E-state index is 0.00161. The van der Waals surface area contributed by atoms with Crippen LogP contribution in [0.5, 0.6) is 0 Å². The number of nitrogens with one attached hydrogen (secondary N) is 1. The Kier molecular flexibility index (Phi) is 5.76. The fourth-order valence-electron chi connectivity index (χ4n) is 3.69. The summed E-state index contributed by atoms with van der Waals surface area (Å²) in [5, 5.41) is 3.36. The van der Waals surface area contributed by atoms with Crippen molar-refractivity contribution in [3.8, 4) is 0 Å². The van der Waals surface area contributed by atoms with Crippen LogP contribution in [0, 0.1) is 11.2 Å². The van der Waals surface area contributed by atoms with Gasteiger partial charge in [-0.25, -0.2) is 12.8 Å². The summed E-state index contributed by atoms with van der Waals surface area (Å²) in [5.74, 6) is 0.691. The van der Waals surface area contributed by atoms with Gasteiger partial charge in [-0.2, -0.15) is 0 Å². The number of hydrogen-bond acceptors (Lipinski definition) is 4. The molecule has 0 amide bonds. The van der Waals surface area contributed by atoms with Crippen LogP contribution in [0.15, 0.2) is 29.3 Å². The number of aliphatic imine (C=N–C) groups is 1. The molecule has 1 heterocycles. The second-order valence-electron chi connectivity index (χ2n) is 7.86. The van der Waals surface area contributed by atoms with Gasteiger partial charge in [-0.15, -0.1) is 0 Å². The van der Waals surface area contributed by atoms with Gasteiger partial charge in [0.2, 0.25) is 0 Å². The molecule has 8 heteroatoms. The predicted molar refractivity (Wildman–Crippen MR) is 104 cm³/mol. The summed E-state index contributed by atoms with van der Waals surface area (Å²) in [6, 6.07) is 6.38. The van der Waals surface area contributed by atoms with Gasteiger partial charge in [0.1, 0.15) is 21.8 Å². The van der Waals surface area contributed by atoms with Crippen LogP contribution >= 0.6 is 0 Å². The van der Waals surface area contributed by atoms with E-state index in [-0.39, 0.29) is 29.2 Å². The van der Waals surface area contributed by atoms with Crippen LogP contribution in [-0.2, 0) is 14.6 Å². The van der Waals surface area contributed by atoms with Crippen molar-refractivity contribution >= 4 is 15.8 Å². The number of benzene rings is 1. The van der Waals surface area contributed by atoms with Crippen molar-refractivity contribution in [1.82, 2.24) is 10.2 Å². The molecule has 1 aliphatic heterocycles. The number of morpholine rings is 1. The molecule has 2 atom stereocenters. The molecule has 2 unspecified atom stereocenters. The Morgan fingerprint density at radius 1 is 1.33 bits per heavy atom. The average Bonchev–Trinajstić information content (AvgIpc) is 3.33. The first-order valence-corrected chi connectivity index (χ1v) is 11.3. The highest BCUT2D eigenvalue weighted by atomic mass is 32.2. The lowest BCUT2D eigenvalue weighted by Gasteiger charge is -2.39. The first-order chi connectivity index (χ1) is 12.7. The number of nitrogens with zero attached hydrogens (tertiary/aromatic N) is 2. The van der Waals surface area contributed by atoms with Gasteiger partial charge >= 0.3 is 0 Å². The van der Waals surface area contributed by atoms with E-state index >= 15 is 0 Å². The molecule has 0 spiro atoms. The maximum atomic E-state index is 13.2. The van der Waals surface area contributed by atoms with E-state index in [2.05, 4.69) is 15.2 Å². The molecule has 0 radical (unpaired) electrons. The zero-order valence-electron chi connectivity index (χ0n) is 16.1. The number of guanidine groups is 1. The van der Waals surface area contributed by atoms with E-state index in [1.165, 1.54) is 18.4 Å². The van der Waals surface area contributed by atoms with Gasteiger partial charge in [0, 0.05) is 31.8 Å². The predicted octanol–water partition coefficient (Wildman–Crippen LogP) is 1.99. The largest absolute Gasteiger partial charge is 0.367 e. The Balaban J connectivity index is 1.65. The third-order valence-corrected chi connectivity index (χ3v) is 6.30. The maximum absolute atomic E-state index is 13.2. The van der Waals surface area contributed by atoms with Gasteiger partial charge < -0.3 is 15.0 Å². The summed E-state index contributed by atoms with van der Waals surface area (Å²) < 4.78 is 42.6. The molecule has 1 saturated carbocycles. The molecule has 3 rings (SSSR count). The zero-order valence-corrected chi connectivity index (χ0v) is 16.9. The van der Waals surface area contributed by atoms with Crippen molar-refractivity contribution in [2.75, 3.05) is 38.7 Å². The van der Waals surface area contributed by atoms with Crippen molar-refractivity contribution in [2.24, 2.45) is 10.4 Å². The fourth-order valence-corrected chi connectivity index (χ4v) is 5.19. The SMILES string of the molecule is CN=C(NCC1(CS(C)(=O)=O)CC1)N1CC(C)OC(c2ccc(F)cc2)C1. The summed E-state index contributed by atoms with van der Waals surface area (Å²) in [5.41, 5.74) is 0.761. The van der Waals surface area contributed by atoms with Crippen molar-refractivity contribution in [3.05, 3.63) is 35.6 Å². The van der Waals surface area contributed by atoms with Crippen LogP contribution < -0.4 is 5.32 Å². The van der Waals surface area contributed by atoms with Crippen molar-refractivity contribution in [3.63, 3.8) is 0 Å². The van der Waals surface area contributed by atoms with Gasteiger partial charge in [0.15, 0.2) is 5.96 Å². The summed E-state index contributed by atoms with van der Waals surface area (Å²) >= 11 is 0. The van der Waals surface area contributed by atoms with Crippen LogP contribution in [0.25, 0.3) is 0 Å². The fraction of sp³-hybridized carbons (Fsp3) is 0.632. The van der Waals surface area contributed by atoms with E-state index in [1.807, 2.05) is 6.92 Å². The Hall–Kier alpha value is -1.67. The number of halogens is 1. The molecule has 27 heavy (non-hydrogen) atoms. The van der Waals surface area contributed by atoms with Crippen LogP contribution in [0.3, 0.4) is 0 Å². The summed E-state index contributed by atoms with van der Waals surface area (Å²) in [6.07, 6.45) is 2.96. The van der Waals surface area contributed by atoms with Gasteiger partial charge in [0.25, 0.3) is 0 Å². The molecule has 1 aromatic rings. The van der Waals surface area contributed by atoms with E-state index in [0.29, 0.717) is 19.6 Å². The molecule has 1 aliphatic carbocycles. The Morgan fingerprint density at radius 3 is 2.56 bits per heavy atom. The summed E-state index contributed by atoms with van der Waals surface area (Å²) in [6.45, 7) is 3.90. The molecule has 0 aromatic heterocycles. The lowest BCUT2D eigenvalue weighted by molar-refractivity contribution is -0.0605. The molecular weight excluding hydrogens is 369 g/mol. The molecule has 0 bridgehead atoms. The van der Waals surface area contributed by atoms with Crippen LogP contribution in [-0.4, -0.2) is 64.1 Å². The second-order valence-corrected chi connectivity index (χ2v) is 10.0. The minimum Gasteiger partial charge on any atom is -0.367 e. The highest BCUT2D eigenvalue weighted by Crippen LogP contribution is 2.46. The molecule has 1 saturated heterocycles. The molecule has 150 valence electrons. The van der Waals surface area contributed by atoms with E-state index in [0.717, 1.165) is 24.4 Å². The molecule has 1 aromatic carbocycles. The molecule has 1 N–H and O–H groups in total. The third-order valence-electron chi connectivity index (χ3n) is 5.16. The van der Waals surface area contributed by atoms with Crippen LogP contribution in [0.4, 0.5) is 4.39 Å². The molecule has 2 fully saturated rings. The standard InChI is InChI=1S/C19H28FN3O3S/c1-14-10-23(11-17(26-14)15-4-6-16(20)7-5-15)18(21-2)22-12-19(8-9-19)13-27(3,24)25/h4-7,14,17H,8-13H2,1-3H3,(H,21,22). The first-order valence-electron chi connectivity index (χ1n) is 9.24. The Bertz CT molecular complexity index is 791. The van der Waals surface area contributed by atoms with Gasteiger partial charge in [0.05, 0.1) is 18.4 Å². The van der Waals surface area contributed by atoms with Gasteiger partial charge in [-0.1, -0.05) is 12.1 Å². The third kappa shape index (κ3) is 5.42. The summed E-state index contributed by atoms with van der Waals surface area (Å²) in [4.78, 5) is 6.51. The van der Waals surface area contributed by atoms with Crippen molar-refractivity contribution < 1.29 is 17.5 Å². The van der Waals surface area contributed by atoms with Gasteiger partial charge in [-0.05, 0) is 37.5 Å². The highest BCUT2D eigenvalue weighted by Gasteiger charge is 2.45. The number of hydrogen-bond donors (Lipinski definition) is 1. The van der Waals surface area contributed by atoms with E-state index < -0.39 is 9.84 Å². The van der Waals surface area contributed by atoms with E-state index in [4.69, 9.17) is 4.74 Å². The monoisotopic (exact) mass is 397 g/mol. The minimum atomic E-state index is -3.00. The van der Waals surface area contributed by atoms with Crippen LogP contribution in [0.2, 0.25) is 0 Å². The normalized spacial score (nSPS) is 25.3. The zero-order chi connectivity index (χ0) is 19.7. The molecule has 6 nitrogen and oxygen atoms in total. The van der Waals surface area contributed by atoms with Crippen molar-refractivity contribution in [2.45, 2.75) is 32.0 Å². The average molecular weight is 398 g/mol. The van der Waals surface area contributed by atoms with Crippen molar-refractivity contribution in [1.29, 1.82) is 0 Å². The second kappa shape index (κ2) is 7.75. The molecular formula is C19H28FN3O3S. The quantitative estimate of drug-likeness (QED) is 0.608. The first kappa shape index (κ1) is 20.1. The topological polar surface area (TPSA) is 71.0 Å². The lowest BCUT2D eigenvalue weighted by Crippen LogP contribution is -2.51. The Labute approximate surface area is 160 Å². The smallest absolute Gasteiger partial charge is 0.193 e. The number of rotatable bonds is 5. The number of sulfone groups is 1. The summed E-state index contributed by atoms with van der Waals surface area (Å²) in [7, 11) is -1.27. The maximum Gasteiger partial charge on any atom is 0.193 e. The Morgan fingerprint density at radius 2 is 2.00 bits per heavy atom. The molecule has 2 aliphatic rings. The highest BCUT2D eigenvalue weighted by molar-refractivity contribution is 7.90. The lowest BCUT2D eigenvalue weighted by atomic mass is 10.1. The number of ether oxygens (including phenoxy) is 1. The van der Waals surface area contributed by atoms with Gasteiger partial charge in [-0.3, -0.25) is 4.99 Å². The van der Waals surface area contributed by atoms with E-state index in [1.54, 1.807) is 19.2 Å².